The van der Waals surface area contributed by atoms with E-state index in [-0.39, 0.29) is 0 Å². The van der Waals surface area contributed by atoms with Crippen LogP contribution < -0.4 is 0 Å². The first kappa shape index (κ1) is 14.4. The minimum Gasteiger partial charge on any atom is -0.304 e. The third kappa shape index (κ3) is 3.73. The monoisotopic (exact) mass is 251 g/mol. The molecule has 0 unspecified atom stereocenters. The summed E-state index contributed by atoms with van der Waals surface area (Å²) in [5.41, 5.74) is 0.809. The summed E-state index contributed by atoms with van der Waals surface area (Å²) >= 11 is 0. The zero-order chi connectivity index (χ0) is 12.8. The van der Waals surface area contributed by atoms with E-state index in [1.54, 1.807) is 25.7 Å². The standard InChI is InChI=1S/C17H33N/c1-3-18(4-2)15-10-16-8-13-17(14-9-16)11-6-5-7-12-17/h16H,3-15H2,1-2H3. The molecule has 0 N–H and O–H groups in total. The molecule has 0 heterocycles. The minimum atomic E-state index is 0.809. The molecule has 1 heteroatoms. The van der Waals surface area contributed by atoms with Gasteiger partial charge in [-0.15, -0.1) is 0 Å². The largest absolute Gasteiger partial charge is 0.304 e. The van der Waals surface area contributed by atoms with Gasteiger partial charge in [-0.25, -0.2) is 0 Å². The first-order valence-corrected chi connectivity index (χ1v) is 8.50. The van der Waals surface area contributed by atoms with Crippen molar-refractivity contribution >= 4 is 0 Å². The Kier molecular flexibility index (Phi) is 5.54. The van der Waals surface area contributed by atoms with E-state index in [9.17, 15) is 0 Å². The van der Waals surface area contributed by atoms with Gasteiger partial charge < -0.3 is 4.90 Å². The molecule has 106 valence electrons. The summed E-state index contributed by atoms with van der Waals surface area (Å²) in [6.07, 6.45) is 15.3. The van der Waals surface area contributed by atoms with Crippen molar-refractivity contribution < 1.29 is 0 Å². The lowest BCUT2D eigenvalue weighted by Gasteiger charge is -2.43. The average Bonchev–Trinajstić information content (AvgIpc) is 2.43. The van der Waals surface area contributed by atoms with Gasteiger partial charge in [0.2, 0.25) is 0 Å². The van der Waals surface area contributed by atoms with Crippen LogP contribution in [0.25, 0.3) is 0 Å². The normalized spacial score (nSPS) is 24.8. The predicted molar refractivity (Wildman–Crippen MR) is 79.9 cm³/mol. The zero-order valence-electron chi connectivity index (χ0n) is 12.7. The van der Waals surface area contributed by atoms with E-state index in [2.05, 4.69) is 18.7 Å². The van der Waals surface area contributed by atoms with Crippen LogP contribution in [-0.4, -0.2) is 24.5 Å². The Labute approximate surface area is 114 Å². The molecule has 2 aliphatic rings. The van der Waals surface area contributed by atoms with E-state index in [1.165, 1.54) is 58.2 Å². The van der Waals surface area contributed by atoms with E-state index in [0.29, 0.717) is 0 Å². The number of rotatable bonds is 5. The van der Waals surface area contributed by atoms with Crippen LogP contribution in [0.1, 0.15) is 78.1 Å². The van der Waals surface area contributed by atoms with E-state index in [1.807, 2.05) is 0 Å². The quantitative estimate of drug-likeness (QED) is 0.674. The second-order valence-corrected chi connectivity index (χ2v) is 6.82. The van der Waals surface area contributed by atoms with Gasteiger partial charge in [0.1, 0.15) is 0 Å². The van der Waals surface area contributed by atoms with Crippen molar-refractivity contribution in [2.24, 2.45) is 11.3 Å². The maximum atomic E-state index is 2.59. The Hall–Kier alpha value is -0.0400. The summed E-state index contributed by atoms with van der Waals surface area (Å²) in [7, 11) is 0. The van der Waals surface area contributed by atoms with Gasteiger partial charge in [0.15, 0.2) is 0 Å². The maximum absolute atomic E-state index is 2.59. The minimum absolute atomic E-state index is 0.809. The van der Waals surface area contributed by atoms with Crippen LogP contribution in [0.3, 0.4) is 0 Å². The molecular formula is C17H33N. The topological polar surface area (TPSA) is 3.24 Å². The molecule has 0 radical (unpaired) electrons. The van der Waals surface area contributed by atoms with Crippen LogP contribution in [0.2, 0.25) is 0 Å². The van der Waals surface area contributed by atoms with Gasteiger partial charge in [-0.05, 0) is 75.9 Å². The summed E-state index contributed by atoms with van der Waals surface area (Å²) in [4.78, 5) is 2.59. The summed E-state index contributed by atoms with van der Waals surface area (Å²) in [5.74, 6) is 1.04. The highest BCUT2D eigenvalue weighted by atomic mass is 15.1. The zero-order valence-corrected chi connectivity index (χ0v) is 12.7. The van der Waals surface area contributed by atoms with Gasteiger partial charge in [-0.3, -0.25) is 0 Å². The average molecular weight is 251 g/mol. The fourth-order valence-electron chi connectivity index (χ4n) is 4.29. The summed E-state index contributed by atoms with van der Waals surface area (Å²) < 4.78 is 0. The van der Waals surface area contributed by atoms with Crippen LogP contribution >= 0.6 is 0 Å². The molecule has 0 aromatic heterocycles. The third-order valence-corrected chi connectivity index (χ3v) is 5.83. The number of hydrogen-bond acceptors (Lipinski definition) is 1. The number of hydrogen-bond donors (Lipinski definition) is 0. The van der Waals surface area contributed by atoms with E-state index < -0.39 is 0 Å². The molecule has 0 amide bonds. The second-order valence-electron chi connectivity index (χ2n) is 6.82. The molecule has 0 aromatic carbocycles. The Morgan fingerprint density at radius 2 is 1.50 bits per heavy atom. The lowest BCUT2D eigenvalue weighted by atomic mass is 9.63. The van der Waals surface area contributed by atoms with Crippen LogP contribution in [0.15, 0.2) is 0 Å². The molecule has 2 fully saturated rings. The van der Waals surface area contributed by atoms with Crippen LogP contribution in [-0.2, 0) is 0 Å². The van der Waals surface area contributed by atoms with Gasteiger partial charge in [-0.1, -0.05) is 33.1 Å². The molecule has 2 aliphatic carbocycles. The van der Waals surface area contributed by atoms with Crippen molar-refractivity contribution in [2.45, 2.75) is 78.1 Å². The van der Waals surface area contributed by atoms with Crippen molar-refractivity contribution in [2.75, 3.05) is 19.6 Å². The van der Waals surface area contributed by atoms with Crippen molar-refractivity contribution in [3.63, 3.8) is 0 Å². The molecule has 2 rings (SSSR count). The number of nitrogens with zero attached hydrogens (tertiary/aromatic N) is 1. The summed E-state index contributed by atoms with van der Waals surface area (Å²) in [6, 6.07) is 0. The smallest absolute Gasteiger partial charge is 0.00163 e. The van der Waals surface area contributed by atoms with Crippen LogP contribution in [0, 0.1) is 11.3 Å². The molecular weight excluding hydrogens is 218 g/mol. The molecule has 0 aromatic rings. The Balaban J connectivity index is 1.69. The van der Waals surface area contributed by atoms with Gasteiger partial charge in [-0.2, -0.15) is 0 Å². The van der Waals surface area contributed by atoms with Crippen molar-refractivity contribution in [1.29, 1.82) is 0 Å². The van der Waals surface area contributed by atoms with Crippen LogP contribution in [0.5, 0.6) is 0 Å². The van der Waals surface area contributed by atoms with E-state index in [0.717, 1.165) is 11.3 Å². The van der Waals surface area contributed by atoms with E-state index >= 15 is 0 Å². The molecule has 0 aliphatic heterocycles. The van der Waals surface area contributed by atoms with Crippen molar-refractivity contribution in [3.8, 4) is 0 Å². The first-order chi connectivity index (χ1) is 8.78. The molecule has 0 saturated heterocycles. The van der Waals surface area contributed by atoms with E-state index in [4.69, 9.17) is 0 Å². The maximum Gasteiger partial charge on any atom is -0.00163 e. The summed E-state index contributed by atoms with van der Waals surface area (Å²) in [5, 5.41) is 0. The first-order valence-electron chi connectivity index (χ1n) is 8.50. The SMILES string of the molecule is CCN(CC)CCC1CCC2(CCCCC2)CC1. The lowest BCUT2D eigenvalue weighted by molar-refractivity contribution is 0.0904. The molecule has 0 bridgehead atoms. The molecule has 0 atom stereocenters. The fourth-order valence-corrected chi connectivity index (χ4v) is 4.29. The summed E-state index contributed by atoms with van der Waals surface area (Å²) in [6.45, 7) is 8.38. The van der Waals surface area contributed by atoms with Crippen molar-refractivity contribution in [3.05, 3.63) is 0 Å². The molecule has 1 spiro atoms. The molecule has 2 saturated carbocycles. The second kappa shape index (κ2) is 6.93. The fraction of sp³-hybridized carbons (Fsp3) is 1.00. The lowest BCUT2D eigenvalue weighted by Crippen LogP contribution is -2.31. The van der Waals surface area contributed by atoms with Gasteiger partial charge >= 0.3 is 0 Å². The third-order valence-electron chi connectivity index (χ3n) is 5.83. The van der Waals surface area contributed by atoms with Gasteiger partial charge in [0.25, 0.3) is 0 Å². The van der Waals surface area contributed by atoms with Crippen LogP contribution in [0.4, 0.5) is 0 Å². The molecule has 1 nitrogen and oxygen atoms in total. The van der Waals surface area contributed by atoms with Crippen molar-refractivity contribution in [1.82, 2.24) is 4.90 Å². The highest BCUT2D eigenvalue weighted by molar-refractivity contribution is 4.88. The predicted octanol–water partition coefficient (Wildman–Crippen LogP) is 4.86. The molecule has 18 heavy (non-hydrogen) atoms. The van der Waals surface area contributed by atoms with Gasteiger partial charge in [0, 0.05) is 0 Å². The Morgan fingerprint density at radius 3 is 2.06 bits per heavy atom. The highest BCUT2D eigenvalue weighted by Gasteiger charge is 2.35. The van der Waals surface area contributed by atoms with Gasteiger partial charge in [0.05, 0.1) is 0 Å². The Morgan fingerprint density at radius 1 is 0.889 bits per heavy atom. The highest BCUT2D eigenvalue weighted by Crippen LogP contribution is 2.49. The Bertz CT molecular complexity index is 216.